The van der Waals surface area contributed by atoms with Gasteiger partial charge in [0.1, 0.15) is 0 Å². The van der Waals surface area contributed by atoms with Gasteiger partial charge in [-0.25, -0.2) is 0 Å². The molecule has 0 amide bonds. The second-order valence-corrected chi connectivity index (χ2v) is 4.10. The maximum Gasteiger partial charge on any atom is 0.394 e. The topological polar surface area (TPSA) is 266 Å². The molecule has 0 aromatic carbocycles. The molecule has 14 nitrogen and oxygen atoms in total. The monoisotopic (exact) mass is 322 g/mol. The van der Waals surface area contributed by atoms with Crippen molar-refractivity contribution in [2.75, 3.05) is 17.2 Å². The summed E-state index contributed by atoms with van der Waals surface area (Å²) in [6.45, 7) is 0. The second-order valence-electron chi connectivity index (χ2n) is 2.31. The van der Waals surface area contributed by atoms with Gasteiger partial charge in [0.25, 0.3) is 0 Å². The van der Waals surface area contributed by atoms with E-state index in [0.29, 0.717) is 0 Å². The number of nitrogens with two attached hydrogens (primary N) is 3. The van der Waals surface area contributed by atoms with Crippen LogP contribution in [0.1, 0.15) is 0 Å². The normalized spacial score (nSPS) is 10.5. The van der Waals surface area contributed by atoms with E-state index in [4.69, 9.17) is 52.2 Å². The van der Waals surface area contributed by atoms with Crippen LogP contribution in [0.25, 0.3) is 0 Å². The Morgan fingerprint density at radius 1 is 0.632 bits per heavy atom. The van der Waals surface area contributed by atoms with Crippen molar-refractivity contribution in [3.8, 4) is 0 Å². The average Bonchev–Trinajstić information content (AvgIpc) is 1.91. The van der Waals surface area contributed by atoms with Crippen molar-refractivity contribution in [3.05, 3.63) is 0 Å². The van der Waals surface area contributed by atoms with Gasteiger partial charge in [-0.2, -0.15) is 31.8 Å². The van der Waals surface area contributed by atoms with Gasteiger partial charge in [-0.15, -0.1) is 0 Å². The molecule has 16 heteroatoms. The van der Waals surface area contributed by atoms with E-state index in [1.807, 2.05) is 0 Å². The van der Waals surface area contributed by atoms with Gasteiger partial charge < -0.3 is 17.2 Å². The highest BCUT2D eigenvalue weighted by Crippen LogP contribution is 1.97. The summed E-state index contributed by atoms with van der Waals surface area (Å²) in [6.07, 6.45) is 0. The van der Waals surface area contributed by atoms with Crippen LogP contribution in [0.15, 0.2) is 0 Å². The zero-order valence-electron chi connectivity index (χ0n) is 8.81. The SMILES string of the molecule is Nc1nc(N)nc(N)n1.O=S(=O)(O)O.O=S(=O)(O)O. The molecule has 112 valence electrons. The maximum atomic E-state index is 8.74. The number of hydrogen-bond acceptors (Lipinski definition) is 10. The average molecular weight is 322 g/mol. The van der Waals surface area contributed by atoms with Crippen LogP contribution in [-0.2, 0) is 20.8 Å². The highest BCUT2D eigenvalue weighted by Gasteiger charge is 1.93. The minimum Gasteiger partial charge on any atom is -0.368 e. The van der Waals surface area contributed by atoms with Crippen LogP contribution >= 0.6 is 0 Å². The Hall–Kier alpha value is -1.85. The van der Waals surface area contributed by atoms with E-state index in [0.717, 1.165) is 0 Å². The highest BCUT2D eigenvalue weighted by molar-refractivity contribution is 7.80. The lowest BCUT2D eigenvalue weighted by Gasteiger charge is -1.93. The molecule has 0 radical (unpaired) electrons. The van der Waals surface area contributed by atoms with Gasteiger partial charge in [0, 0.05) is 0 Å². The number of anilines is 3. The fourth-order valence-electron chi connectivity index (χ4n) is 0.427. The first kappa shape index (κ1) is 19.5. The molecule has 19 heavy (non-hydrogen) atoms. The molecule has 0 bridgehead atoms. The molecule has 0 spiro atoms. The van der Waals surface area contributed by atoms with Gasteiger partial charge in [0.2, 0.25) is 17.8 Å². The molecule has 0 saturated carbocycles. The van der Waals surface area contributed by atoms with Crippen molar-refractivity contribution >= 4 is 38.6 Å². The zero-order valence-corrected chi connectivity index (χ0v) is 10.4. The summed E-state index contributed by atoms with van der Waals surface area (Å²) >= 11 is 0. The molecule has 0 aliphatic heterocycles. The van der Waals surface area contributed by atoms with Gasteiger partial charge in [-0.1, -0.05) is 0 Å². The minimum absolute atomic E-state index is 0.0417. The third kappa shape index (κ3) is 31.4. The van der Waals surface area contributed by atoms with Gasteiger partial charge >= 0.3 is 20.8 Å². The molecular weight excluding hydrogens is 312 g/mol. The van der Waals surface area contributed by atoms with E-state index in [-0.39, 0.29) is 17.8 Å². The molecule has 0 saturated heterocycles. The summed E-state index contributed by atoms with van der Waals surface area (Å²) in [4.78, 5) is 10.5. The van der Waals surface area contributed by atoms with Crippen LogP contribution in [0.4, 0.5) is 17.8 Å². The fraction of sp³-hybridized carbons (Fsp3) is 0. The van der Waals surface area contributed by atoms with E-state index >= 15 is 0 Å². The molecule has 1 rings (SSSR count). The van der Waals surface area contributed by atoms with E-state index < -0.39 is 20.8 Å². The van der Waals surface area contributed by atoms with Crippen LogP contribution in [0.5, 0.6) is 0 Å². The number of nitrogens with zero attached hydrogens (tertiary/aromatic N) is 3. The largest absolute Gasteiger partial charge is 0.394 e. The van der Waals surface area contributed by atoms with Crippen molar-refractivity contribution < 1.29 is 35.0 Å². The first-order chi connectivity index (χ1) is 8.18. The lowest BCUT2D eigenvalue weighted by molar-refractivity contribution is 0.378. The summed E-state index contributed by atoms with van der Waals surface area (Å²) in [5.74, 6) is 0.125. The number of rotatable bonds is 0. The van der Waals surface area contributed by atoms with Gasteiger partial charge in [0.15, 0.2) is 0 Å². The Bertz CT molecular complexity index is 500. The number of aromatic nitrogens is 3. The quantitative estimate of drug-likeness (QED) is 0.240. The Balaban J connectivity index is 0. The van der Waals surface area contributed by atoms with E-state index in [2.05, 4.69) is 15.0 Å². The minimum atomic E-state index is -4.67. The summed E-state index contributed by atoms with van der Waals surface area (Å²) in [5.41, 5.74) is 15.4. The zero-order chi connectivity index (χ0) is 15.9. The molecule has 1 aromatic rings. The summed E-state index contributed by atoms with van der Waals surface area (Å²) in [7, 11) is -9.33. The van der Waals surface area contributed by atoms with Gasteiger partial charge in [-0.3, -0.25) is 18.2 Å². The molecule has 1 heterocycles. The Labute approximate surface area is 106 Å². The lowest BCUT2D eigenvalue weighted by Crippen LogP contribution is -2.05. The predicted molar refractivity (Wildman–Crippen MR) is 61.4 cm³/mol. The van der Waals surface area contributed by atoms with Gasteiger partial charge in [-0.05, 0) is 0 Å². The first-order valence-electron chi connectivity index (χ1n) is 3.60. The van der Waals surface area contributed by atoms with Crippen molar-refractivity contribution in [1.29, 1.82) is 0 Å². The Kier molecular flexibility index (Phi) is 7.75. The molecule has 0 aliphatic carbocycles. The van der Waals surface area contributed by atoms with Crippen LogP contribution in [0.2, 0.25) is 0 Å². The third-order valence-corrected chi connectivity index (χ3v) is 0.687. The van der Waals surface area contributed by atoms with Crippen molar-refractivity contribution in [3.63, 3.8) is 0 Å². The Morgan fingerprint density at radius 3 is 0.842 bits per heavy atom. The predicted octanol–water partition coefficient (Wildman–Crippen LogP) is -2.69. The summed E-state index contributed by atoms with van der Waals surface area (Å²) < 4.78 is 63.2. The lowest BCUT2D eigenvalue weighted by atomic mass is 10.9. The highest BCUT2D eigenvalue weighted by atomic mass is 32.3. The maximum absolute atomic E-state index is 8.74. The van der Waals surface area contributed by atoms with Crippen LogP contribution in [-0.4, -0.2) is 50.0 Å². The molecule has 0 aliphatic rings. The van der Waals surface area contributed by atoms with Crippen LogP contribution < -0.4 is 17.2 Å². The Morgan fingerprint density at radius 2 is 0.737 bits per heavy atom. The van der Waals surface area contributed by atoms with Crippen molar-refractivity contribution in [1.82, 2.24) is 15.0 Å². The van der Waals surface area contributed by atoms with E-state index in [1.165, 1.54) is 0 Å². The molecule has 1 aromatic heterocycles. The van der Waals surface area contributed by atoms with Gasteiger partial charge in [0.05, 0.1) is 0 Å². The second kappa shape index (κ2) is 7.56. The summed E-state index contributed by atoms with van der Waals surface area (Å²) in [6, 6.07) is 0. The van der Waals surface area contributed by atoms with E-state index in [1.54, 1.807) is 0 Å². The van der Waals surface area contributed by atoms with E-state index in [9.17, 15) is 0 Å². The standard InChI is InChI=1S/C3H6N6.2H2O4S/c4-1-7-2(5)9-3(6)8-1;2*1-5(2,3)4/h(H6,4,5,6,7,8,9);2*(H2,1,2,3,4). The molecular formula is C3H10N6O8S2. The smallest absolute Gasteiger partial charge is 0.368 e. The summed E-state index contributed by atoms with van der Waals surface area (Å²) in [5, 5.41) is 0. The number of nitrogen functional groups attached to an aromatic ring is 3. The van der Waals surface area contributed by atoms with Crippen molar-refractivity contribution in [2.24, 2.45) is 0 Å². The molecule has 10 N–H and O–H groups in total. The van der Waals surface area contributed by atoms with Crippen molar-refractivity contribution in [2.45, 2.75) is 0 Å². The van der Waals surface area contributed by atoms with Crippen LogP contribution in [0.3, 0.4) is 0 Å². The van der Waals surface area contributed by atoms with Crippen LogP contribution in [0, 0.1) is 0 Å². The number of hydrogen-bond donors (Lipinski definition) is 7. The molecule has 0 unspecified atom stereocenters. The molecule has 0 fully saturated rings. The third-order valence-electron chi connectivity index (χ3n) is 0.687. The molecule has 0 atom stereocenters. The first-order valence-corrected chi connectivity index (χ1v) is 6.40. The fourth-order valence-corrected chi connectivity index (χ4v) is 0.427.